The first kappa shape index (κ1) is 16.2. The Morgan fingerprint density at radius 2 is 2.05 bits per heavy atom. The van der Waals surface area contributed by atoms with E-state index in [9.17, 15) is 14.7 Å². The van der Waals surface area contributed by atoms with E-state index in [0.29, 0.717) is 18.7 Å². The molecule has 0 spiro atoms. The first-order chi connectivity index (χ1) is 9.37. The van der Waals surface area contributed by atoms with E-state index in [0.717, 1.165) is 12.1 Å². The predicted molar refractivity (Wildman–Crippen MR) is 75.6 cm³/mol. The number of aromatic nitrogens is 2. The Bertz CT molecular complexity index is 496. The number of hydrogen-bond donors (Lipinski definition) is 2. The zero-order valence-corrected chi connectivity index (χ0v) is 12.6. The van der Waals surface area contributed by atoms with Gasteiger partial charge in [0.2, 0.25) is 0 Å². The lowest BCUT2D eigenvalue weighted by molar-refractivity contribution is -0.147. The highest BCUT2D eigenvalue weighted by Crippen LogP contribution is 2.20. The Morgan fingerprint density at radius 1 is 1.40 bits per heavy atom. The Morgan fingerprint density at radius 3 is 2.50 bits per heavy atom. The van der Waals surface area contributed by atoms with Crippen molar-refractivity contribution in [2.75, 3.05) is 6.54 Å². The van der Waals surface area contributed by atoms with E-state index < -0.39 is 11.4 Å². The fourth-order valence-electron chi connectivity index (χ4n) is 1.78. The molecule has 1 aromatic heterocycles. The third-order valence-corrected chi connectivity index (χ3v) is 3.66. The molecule has 0 saturated heterocycles. The summed E-state index contributed by atoms with van der Waals surface area (Å²) < 4.78 is 1.64. The second kappa shape index (κ2) is 6.54. The van der Waals surface area contributed by atoms with Crippen molar-refractivity contribution in [1.82, 2.24) is 15.1 Å². The molecule has 0 bridgehead atoms. The number of carbonyl (C=O) groups excluding carboxylic acids is 1. The van der Waals surface area contributed by atoms with Crippen LogP contribution < -0.4 is 5.32 Å². The number of nitrogens with one attached hydrogen (secondary N) is 1. The molecule has 1 rings (SSSR count). The van der Waals surface area contributed by atoms with Crippen LogP contribution in [0.25, 0.3) is 0 Å². The van der Waals surface area contributed by atoms with E-state index in [1.807, 2.05) is 13.8 Å². The molecule has 1 amide bonds. The smallest absolute Gasteiger partial charge is 0.311 e. The second-order valence-corrected chi connectivity index (χ2v) is 5.09. The van der Waals surface area contributed by atoms with Crippen molar-refractivity contribution in [2.24, 2.45) is 5.41 Å². The van der Waals surface area contributed by atoms with E-state index in [-0.39, 0.29) is 12.5 Å². The van der Waals surface area contributed by atoms with Gasteiger partial charge in [-0.2, -0.15) is 5.10 Å². The summed E-state index contributed by atoms with van der Waals surface area (Å²) in [7, 11) is 0. The quantitative estimate of drug-likeness (QED) is 0.796. The number of carbonyl (C=O) groups is 2. The zero-order valence-electron chi connectivity index (χ0n) is 12.6. The Kier molecular flexibility index (Phi) is 5.30. The Balaban J connectivity index is 2.81. The van der Waals surface area contributed by atoms with Gasteiger partial charge in [0.15, 0.2) is 0 Å². The lowest BCUT2D eigenvalue weighted by atomic mass is 9.88. The lowest BCUT2D eigenvalue weighted by Crippen LogP contribution is -2.41. The van der Waals surface area contributed by atoms with Crippen molar-refractivity contribution < 1.29 is 14.7 Å². The molecule has 0 fully saturated rings. The van der Waals surface area contributed by atoms with Crippen LogP contribution in [0.3, 0.4) is 0 Å². The maximum absolute atomic E-state index is 12.2. The number of aryl methyl sites for hydroxylation is 2. The van der Waals surface area contributed by atoms with Gasteiger partial charge in [0.1, 0.15) is 5.69 Å². The highest BCUT2D eigenvalue weighted by atomic mass is 16.4. The topological polar surface area (TPSA) is 84.2 Å². The molecule has 1 atom stereocenters. The van der Waals surface area contributed by atoms with Gasteiger partial charge < -0.3 is 10.4 Å². The number of nitrogens with zero attached hydrogens (tertiary/aromatic N) is 2. The van der Waals surface area contributed by atoms with Crippen LogP contribution in [0.5, 0.6) is 0 Å². The van der Waals surface area contributed by atoms with Gasteiger partial charge in [-0.25, -0.2) is 0 Å². The SMILES string of the molecule is CCc1cc(C(=O)NCC(C)(CC)C(=O)O)n(CC)n1. The molecule has 0 aliphatic carbocycles. The Hall–Kier alpha value is -1.85. The fraction of sp³-hybridized carbons (Fsp3) is 0.643. The maximum Gasteiger partial charge on any atom is 0.311 e. The maximum atomic E-state index is 12.2. The van der Waals surface area contributed by atoms with Crippen molar-refractivity contribution in [3.05, 3.63) is 17.5 Å². The van der Waals surface area contributed by atoms with E-state index >= 15 is 0 Å². The normalized spacial score (nSPS) is 13.8. The molecule has 6 nitrogen and oxygen atoms in total. The summed E-state index contributed by atoms with van der Waals surface area (Å²) in [5.41, 5.74) is 0.391. The highest BCUT2D eigenvalue weighted by Gasteiger charge is 2.31. The summed E-state index contributed by atoms with van der Waals surface area (Å²) >= 11 is 0. The van der Waals surface area contributed by atoms with Crippen LogP contribution in [0.2, 0.25) is 0 Å². The largest absolute Gasteiger partial charge is 0.481 e. The predicted octanol–water partition coefficient (Wildman–Crippen LogP) is 1.70. The summed E-state index contributed by atoms with van der Waals surface area (Å²) in [6, 6.07) is 1.75. The zero-order chi connectivity index (χ0) is 15.3. The first-order valence-electron chi connectivity index (χ1n) is 6.96. The van der Waals surface area contributed by atoms with Crippen LogP contribution in [0.15, 0.2) is 6.07 Å². The monoisotopic (exact) mass is 281 g/mol. The van der Waals surface area contributed by atoms with Crippen molar-refractivity contribution in [3.8, 4) is 0 Å². The molecule has 20 heavy (non-hydrogen) atoms. The summed E-state index contributed by atoms with van der Waals surface area (Å²) in [5.74, 6) is -1.18. The summed E-state index contributed by atoms with van der Waals surface area (Å²) in [6.07, 6.45) is 1.21. The van der Waals surface area contributed by atoms with Crippen molar-refractivity contribution in [3.63, 3.8) is 0 Å². The molecule has 1 heterocycles. The molecule has 0 aromatic carbocycles. The average molecular weight is 281 g/mol. The lowest BCUT2D eigenvalue weighted by Gasteiger charge is -2.23. The van der Waals surface area contributed by atoms with E-state index in [2.05, 4.69) is 10.4 Å². The summed E-state index contributed by atoms with van der Waals surface area (Å²) in [6.45, 7) is 8.02. The van der Waals surface area contributed by atoms with E-state index in [1.54, 1.807) is 24.6 Å². The first-order valence-corrected chi connectivity index (χ1v) is 6.96. The second-order valence-electron chi connectivity index (χ2n) is 5.09. The number of hydrogen-bond acceptors (Lipinski definition) is 3. The number of amides is 1. The number of aliphatic carboxylic acids is 1. The van der Waals surface area contributed by atoms with Gasteiger partial charge in [0, 0.05) is 13.1 Å². The van der Waals surface area contributed by atoms with Crippen molar-refractivity contribution in [1.29, 1.82) is 0 Å². The van der Waals surface area contributed by atoms with Crippen LogP contribution in [0.4, 0.5) is 0 Å². The van der Waals surface area contributed by atoms with Gasteiger partial charge >= 0.3 is 5.97 Å². The van der Waals surface area contributed by atoms with Gasteiger partial charge in [0.25, 0.3) is 5.91 Å². The molecule has 0 aliphatic rings. The molecule has 112 valence electrons. The van der Waals surface area contributed by atoms with Gasteiger partial charge in [-0.3, -0.25) is 14.3 Å². The number of carboxylic acids is 1. The summed E-state index contributed by atoms with van der Waals surface area (Å²) in [5, 5.41) is 16.2. The molecule has 0 radical (unpaired) electrons. The Labute approximate surface area is 119 Å². The van der Waals surface area contributed by atoms with Gasteiger partial charge in [0.05, 0.1) is 11.1 Å². The van der Waals surface area contributed by atoms with Crippen LogP contribution in [0, 0.1) is 5.41 Å². The number of rotatable bonds is 7. The average Bonchev–Trinajstić information content (AvgIpc) is 2.87. The van der Waals surface area contributed by atoms with Crippen LogP contribution in [0.1, 0.15) is 50.3 Å². The van der Waals surface area contributed by atoms with Crippen LogP contribution in [-0.2, 0) is 17.8 Å². The van der Waals surface area contributed by atoms with Crippen molar-refractivity contribution in [2.45, 2.75) is 47.1 Å². The van der Waals surface area contributed by atoms with Gasteiger partial charge in [-0.05, 0) is 32.8 Å². The van der Waals surface area contributed by atoms with E-state index in [1.165, 1.54) is 0 Å². The van der Waals surface area contributed by atoms with Crippen molar-refractivity contribution >= 4 is 11.9 Å². The fourth-order valence-corrected chi connectivity index (χ4v) is 1.78. The summed E-state index contributed by atoms with van der Waals surface area (Å²) in [4.78, 5) is 23.4. The minimum Gasteiger partial charge on any atom is -0.481 e. The van der Waals surface area contributed by atoms with Crippen LogP contribution >= 0.6 is 0 Å². The minimum atomic E-state index is -0.944. The van der Waals surface area contributed by atoms with Crippen LogP contribution in [-0.4, -0.2) is 33.3 Å². The molecule has 0 saturated carbocycles. The standard InChI is InChI=1S/C14H23N3O3/c1-5-10-8-11(17(7-3)16-10)12(18)15-9-14(4,6-2)13(19)20/h8H,5-7,9H2,1-4H3,(H,15,18)(H,19,20). The third kappa shape index (κ3) is 3.37. The van der Waals surface area contributed by atoms with Gasteiger partial charge in [-0.15, -0.1) is 0 Å². The van der Waals surface area contributed by atoms with Gasteiger partial charge in [-0.1, -0.05) is 13.8 Å². The molecule has 1 unspecified atom stereocenters. The molecule has 2 N–H and O–H groups in total. The molecular formula is C14H23N3O3. The molecule has 1 aromatic rings. The highest BCUT2D eigenvalue weighted by molar-refractivity contribution is 5.93. The number of carboxylic acid groups (broad SMARTS) is 1. The van der Waals surface area contributed by atoms with E-state index in [4.69, 9.17) is 0 Å². The molecule has 6 heteroatoms. The third-order valence-electron chi connectivity index (χ3n) is 3.66. The molecule has 0 aliphatic heterocycles. The minimum absolute atomic E-state index is 0.105. The molecular weight excluding hydrogens is 258 g/mol.